The maximum absolute atomic E-state index is 12.3. The van der Waals surface area contributed by atoms with Gasteiger partial charge < -0.3 is 15.1 Å². The molecule has 146 valence electrons. The second-order valence-corrected chi connectivity index (χ2v) is 6.07. The summed E-state index contributed by atoms with van der Waals surface area (Å²) in [5.41, 5.74) is 1.14. The van der Waals surface area contributed by atoms with Crippen LogP contribution in [0.5, 0.6) is 0 Å². The van der Waals surface area contributed by atoms with Crippen molar-refractivity contribution in [2.24, 2.45) is 4.99 Å². The summed E-state index contributed by atoms with van der Waals surface area (Å²) in [6.45, 7) is 8.65. The normalized spacial score (nSPS) is 10.7. The number of carbonyl (C=O) groups is 1. The van der Waals surface area contributed by atoms with Gasteiger partial charge in [0.05, 0.1) is 6.54 Å². The van der Waals surface area contributed by atoms with Crippen LogP contribution in [-0.4, -0.2) is 55.4 Å². The molecule has 0 radical (unpaired) electrons. The van der Waals surface area contributed by atoms with Gasteiger partial charge in [0.25, 0.3) is 0 Å². The Labute approximate surface area is 175 Å². The molecule has 0 saturated heterocycles. The van der Waals surface area contributed by atoms with Crippen LogP contribution in [0.2, 0.25) is 0 Å². The van der Waals surface area contributed by atoms with Crippen LogP contribution in [0.3, 0.4) is 0 Å². The van der Waals surface area contributed by atoms with E-state index in [9.17, 15) is 4.79 Å². The molecule has 0 atom stereocenters. The number of nitrogens with one attached hydrogen (secondary N) is 1. The largest absolute Gasteiger partial charge is 0.357 e. The molecule has 1 aromatic carbocycles. The predicted molar refractivity (Wildman–Crippen MR) is 121 cm³/mol. The summed E-state index contributed by atoms with van der Waals surface area (Å²) in [4.78, 5) is 20.7. The average Bonchev–Trinajstić information content (AvgIpc) is 2.61. The number of amides is 1. The van der Waals surface area contributed by atoms with Crippen LogP contribution in [-0.2, 0) is 11.3 Å². The van der Waals surface area contributed by atoms with E-state index in [1.54, 1.807) is 4.90 Å². The summed E-state index contributed by atoms with van der Waals surface area (Å²) in [5.74, 6) is 0.961. The minimum absolute atomic E-state index is 0. The molecule has 1 N–H and O–H groups in total. The van der Waals surface area contributed by atoms with E-state index < -0.39 is 0 Å². The fourth-order valence-corrected chi connectivity index (χ4v) is 2.44. The monoisotopic (exact) mass is 472 g/mol. The Morgan fingerprint density at radius 3 is 2.54 bits per heavy atom. The van der Waals surface area contributed by atoms with Crippen LogP contribution >= 0.6 is 24.0 Å². The van der Waals surface area contributed by atoms with E-state index in [1.165, 1.54) is 0 Å². The molecule has 0 heterocycles. The Morgan fingerprint density at radius 2 is 1.92 bits per heavy atom. The number of guanidine groups is 1. The number of halogens is 1. The van der Waals surface area contributed by atoms with E-state index in [2.05, 4.69) is 21.8 Å². The molecule has 0 saturated carbocycles. The first-order chi connectivity index (χ1) is 12.1. The van der Waals surface area contributed by atoms with E-state index in [-0.39, 0.29) is 29.9 Å². The molecular formula is C20H33IN4O. The predicted octanol–water partition coefficient (Wildman–Crippen LogP) is 3.52. The zero-order chi connectivity index (χ0) is 18.5. The van der Waals surface area contributed by atoms with Crippen LogP contribution in [0, 0.1) is 0 Å². The van der Waals surface area contributed by atoms with Gasteiger partial charge in [-0.15, -0.1) is 30.6 Å². The van der Waals surface area contributed by atoms with Crippen LogP contribution in [0.4, 0.5) is 0 Å². The lowest BCUT2D eigenvalue weighted by Crippen LogP contribution is -2.39. The Balaban J connectivity index is 0.00000625. The van der Waals surface area contributed by atoms with Crippen LogP contribution in [0.1, 0.15) is 31.7 Å². The van der Waals surface area contributed by atoms with Gasteiger partial charge in [0.15, 0.2) is 5.96 Å². The Kier molecular flexibility index (Phi) is 13.7. The highest BCUT2D eigenvalue weighted by Gasteiger charge is 2.10. The van der Waals surface area contributed by atoms with Crippen molar-refractivity contribution in [3.8, 4) is 0 Å². The third kappa shape index (κ3) is 9.79. The molecule has 0 aliphatic heterocycles. The molecule has 0 bridgehead atoms. The first-order valence-electron chi connectivity index (χ1n) is 8.96. The quantitative estimate of drug-likeness (QED) is 0.186. The first kappa shape index (κ1) is 24.4. The molecule has 1 amide bonds. The van der Waals surface area contributed by atoms with Gasteiger partial charge in [0.1, 0.15) is 0 Å². The summed E-state index contributed by atoms with van der Waals surface area (Å²) < 4.78 is 0. The molecule has 0 spiro atoms. The summed E-state index contributed by atoms with van der Waals surface area (Å²) in [5, 5.41) is 3.28. The highest BCUT2D eigenvalue weighted by molar-refractivity contribution is 14.0. The van der Waals surface area contributed by atoms with E-state index in [0.29, 0.717) is 19.5 Å². The molecule has 6 heteroatoms. The van der Waals surface area contributed by atoms with Crippen molar-refractivity contribution in [2.45, 2.75) is 32.7 Å². The summed E-state index contributed by atoms with van der Waals surface area (Å²) in [7, 11) is 3.86. The van der Waals surface area contributed by atoms with Gasteiger partial charge in [-0.3, -0.25) is 9.79 Å². The lowest BCUT2D eigenvalue weighted by atomic mass is 10.2. The maximum atomic E-state index is 12.3. The summed E-state index contributed by atoms with van der Waals surface area (Å²) >= 11 is 0. The molecule has 0 fully saturated rings. The topological polar surface area (TPSA) is 47.9 Å². The Bertz CT molecular complexity index is 548. The van der Waals surface area contributed by atoms with Crippen molar-refractivity contribution < 1.29 is 4.79 Å². The van der Waals surface area contributed by atoms with Gasteiger partial charge in [-0.2, -0.15) is 0 Å². The second-order valence-electron chi connectivity index (χ2n) is 6.07. The minimum Gasteiger partial charge on any atom is -0.357 e. The van der Waals surface area contributed by atoms with Gasteiger partial charge in [0.2, 0.25) is 5.91 Å². The average molecular weight is 472 g/mol. The number of hydrogen-bond donors (Lipinski definition) is 1. The number of nitrogens with zero attached hydrogens (tertiary/aromatic N) is 3. The van der Waals surface area contributed by atoms with Gasteiger partial charge in [-0.05, 0) is 25.3 Å². The van der Waals surface area contributed by atoms with Gasteiger partial charge in [-0.1, -0.05) is 36.4 Å². The molecule has 1 aromatic rings. The van der Waals surface area contributed by atoms with Crippen molar-refractivity contribution in [2.75, 3.05) is 33.7 Å². The number of hydrogen-bond acceptors (Lipinski definition) is 2. The molecular weight excluding hydrogens is 439 g/mol. The van der Waals surface area contributed by atoms with Crippen LogP contribution < -0.4 is 5.32 Å². The SMILES string of the molecule is C=CCCCN(C)C(=NCCC(=O)N(C)Cc1ccccc1)NCC.I. The van der Waals surface area contributed by atoms with Crippen molar-refractivity contribution in [1.82, 2.24) is 15.1 Å². The van der Waals surface area contributed by atoms with E-state index >= 15 is 0 Å². The fraction of sp³-hybridized carbons (Fsp3) is 0.500. The van der Waals surface area contributed by atoms with E-state index in [0.717, 1.165) is 37.5 Å². The highest BCUT2D eigenvalue weighted by Crippen LogP contribution is 2.04. The molecule has 0 aliphatic rings. The third-order valence-electron chi connectivity index (χ3n) is 3.87. The smallest absolute Gasteiger partial charge is 0.224 e. The number of benzene rings is 1. The zero-order valence-corrected chi connectivity index (χ0v) is 18.6. The summed E-state index contributed by atoms with van der Waals surface area (Å²) in [6.07, 6.45) is 4.38. The third-order valence-corrected chi connectivity index (χ3v) is 3.87. The van der Waals surface area contributed by atoms with Gasteiger partial charge in [-0.25, -0.2) is 0 Å². The van der Waals surface area contributed by atoms with Crippen LogP contribution in [0.25, 0.3) is 0 Å². The van der Waals surface area contributed by atoms with Gasteiger partial charge in [0, 0.05) is 40.2 Å². The second kappa shape index (κ2) is 14.6. The Morgan fingerprint density at radius 1 is 1.23 bits per heavy atom. The molecule has 26 heavy (non-hydrogen) atoms. The van der Waals surface area contributed by atoms with Crippen molar-refractivity contribution >= 4 is 35.8 Å². The highest BCUT2D eigenvalue weighted by atomic mass is 127. The Hall–Kier alpha value is -1.57. The van der Waals surface area contributed by atoms with E-state index in [4.69, 9.17) is 0 Å². The number of allylic oxidation sites excluding steroid dienone is 1. The molecule has 0 unspecified atom stereocenters. The molecule has 5 nitrogen and oxygen atoms in total. The fourth-order valence-electron chi connectivity index (χ4n) is 2.44. The standard InChI is InChI=1S/C20H32N4O.HI/c1-5-7-11-16-23(3)20(21-6-2)22-15-14-19(25)24(4)17-18-12-9-8-10-13-18;/h5,8-10,12-13H,1,6-7,11,14-17H2,2-4H3,(H,21,22);1H. The molecule has 0 aliphatic carbocycles. The van der Waals surface area contributed by atoms with Crippen molar-refractivity contribution in [3.63, 3.8) is 0 Å². The molecule has 1 rings (SSSR count). The van der Waals surface area contributed by atoms with Crippen molar-refractivity contribution in [3.05, 3.63) is 48.6 Å². The maximum Gasteiger partial charge on any atom is 0.224 e. The lowest BCUT2D eigenvalue weighted by Gasteiger charge is -2.22. The zero-order valence-electron chi connectivity index (χ0n) is 16.3. The van der Waals surface area contributed by atoms with Crippen LogP contribution in [0.15, 0.2) is 48.0 Å². The van der Waals surface area contributed by atoms with E-state index in [1.807, 2.05) is 57.4 Å². The minimum atomic E-state index is 0. The lowest BCUT2D eigenvalue weighted by molar-refractivity contribution is -0.130. The van der Waals surface area contributed by atoms with Gasteiger partial charge >= 0.3 is 0 Å². The number of rotatable bonds is 10. The number of carbonyl (C=O) groups excluding carboxylic acids is 1. The number of unbranched alkanes of at least 4 members (excludes halogenated alkanes) is 1. The molecule has 0 aromatic heterocycles. The van der Waals surface area contributed by atoms with Crippen molar-refractivity contribution in [1.29, 1.82) is 0 Å². The first-order valence-corrected chi connectivity index (χ1v) is 8.96. The number of aliphatic imine (C=N–C) groups is 1. The summed E-state index contributed by atoms with van der Waals surface area (Å²) in [6, 6.07) is 10.0.